The quantitative estimate of drug-likeness (QED) is 0.400. The first-order valence-corrected chi connectivity index (χ1v) is 10.1. The van der Waals surface area contributed by atoms with E-state index in [1.165, 1.54) is 31.2 Å². The van der Waals surface area contributed by atoms with Crippen molar-refractivity contribution >= 4 is 5.97 Å². The van der Waals surface area contributed by atoms with Crippen molar-refractivity contribution in [1.29, 1.82) is 0 Å². The molecule has 0 saturated heterocycles. The number of carbonyl (C=O) groups is 1. The summed E-state index contributed by atoms with van der Waals surface area (Å²) in [5.74, 6) is -0.128. The zero-order chi connectivity index (χ0) is 20.7. The Balaban J connectivity index is 2.09. The van der Waals surface area contributed by atoms with E-state index >= 15 is 0 Å². The highest BCUT2D eigenvalue weighted by molar-refractivity contribution is 5.67. The number of benzene rings is 1. The Morgan fingerprint density at radius 2 is 1.46 bits per heavy atom. The third kappa shape index (κ3) is 11.3. The fourth-order valence-corrected chi connectivity index (χ4v) is 2.78. The highest BCUT2D eigenvalue weighted by Gasteiger charge is 2.19. The molecule has 6 heteroatoms. The lowest BCUT2D eigenvalue weighted by molar-refractivity contribution is -0.142. The molecule has 0 aromatic heterocycles. The number of rotatable bonds is 17. The number of carboxylic acids is 1. The normalized spacial score (nSPS) is 11.5. The minimum atomic E-state index is -0.978. The van der Waals surface area contributed by atoms with Crippen LogP contribution in [0.2, 0.25) is 0 Å². The van der Waals surface area contributed by atoms with Crippen LogP contribution in [0, 0.1) is 0 Å². The van der Waals surface area contributed by atoms with Gasteiger partial charge in [0.2, 0.25) is 0 Å². The first kappa shape index (κ1) is 24.4. The Bertz CT molecular complexity index is 526. The van der Waals surface area contributed by atoms with E-state index in [-0.39, 0.29) is 18.6 Å². The molecule has 0 spiro atoms. The van der Waals surface area contributed by atoms with Gasteiger partial charge in [0.25, 0.3) is 0 Å². The van der Waals surface area contributed by atoms with Crippen LogP contribution >= 0.6 is 0 Å². The highest BCUT2D eigenvalue weighted by Crippen LogP contribution is 2.30. The highest BCUT2D eigenvalue weighted by atomic mass is 16.6. The molecule has 0 unspecified atom stereocenters. The number of unbranched alkanes of at least 4 members (excludes halogenated alkanes) is 2. The van der Waals surface area contributed by atoms with Gasteiger partial charge in [0.15, 0.2) is 0 Å². The van der Waals surface area contributed by atoms with Crippen molar-refractivity contribution in [1.82, 2.24) is 0 Å². The first-order valence-electron chi connectivity index (χ1n) is 10.1. The maximum absolute atomic E-state index is 10.2. The Hall–Kier alpha value is -1.63. The van der Waals surface area contributed by atoms with Crippen LogP contribution in [0.1, 0.15) is 52.0 Å². The van der Waals surface area contributed by atoms with Crippen molar-refractivity contribution in [3.63, 3.8) is 0 Å². The van der Waals surface area contributed by atoms with Crippen LogP contribution in [-0.4, -0.2) is 57.3 Å². The van der Waals surface area contributed by atoms with Gasteiger partial charge in [-0.1, -0.05) is 52.2 Å². The number of aliphatic carboxylic acids is 1. The first-order chi connectivity index (χ1) is 13.5. The van der Waals surface area contributed by atoms with Crippen molar-refractivity contribution in [2.75, 3.05) is 46.2 Å². The lowest BCUT2D eigenvalue weighted by Crippen LogP contribution is -2.17. The second kappa shape index (κ2) is 14.4. The summed E-state index contributed by atoms with van der Waals surface area (Å²) < 4.78 is 21.3. The van der Waals surface area contributed by atoms with Gasteiger partial charge in [0, 0.05) is 0 Å². The van der Waals surface area contributed by atoms with Crippen molar-refractivity contribution < 1.29 is 28.8 Å². The molecule has 1 N–H and O–H groups in total. The maximum atomic E-state index is 10.2. The minimum absolute atomic E-state index is 0.190. The Morgan fingerprint density at radius 3 is 2.04 bits per heavy atom. The molecule has 0 atom stereocenters. The molecule has 1 aromatic carbocycles. The van der Waals surface area contributed by atoms with E-state index in [0.717, 1.165) is 5.75 Å². The number of hydrogen-bond donors (Lipinski definition) is 1. The molecular weight excluding hydrogens is 360 g/mol. The molecule has 1 rings (SSSR count). The predicted molar refractivity (Wildman–Crippen MR) is 109 cm³/mol. The average Bonchev–Trinajstić information content (AvgIpc) is 2.66. The topological polar surface area (TPSA) is 74.2 Å². The van der Waals surface area contributed by atoms with E-state index in [1.807, 2.05) is 12.1 Å². The summed E-state index contributed by atoms with van der Waals surface area (Å²) in [7, 11) is 0. The fourth-order valence-electron chi connectivity index (χ4n) is 2.78. The third-order valence-corrected chi connectivity index (χ3v) is 4.51. The van der Waals surface area contributed by atoms with Gasteiger partial charge in [-0.2, -0.15) is 0 Å². The van der Waals surface area contributed by atoms with Crippen LogP contribution in [0.3, 0.4) is 0 Å². The molecule has 28 heavy (non-hydrogen) atoms. The molecule has 160 valence electrons. The number of carboxylic acid groups (broad SMARTS) is 1. The monoisotopic (exact) mass is 396 g/mol. The zero-order valence-electron chi connectivity index (χ0n) is 17.6. The summed E-state index contributed by atoms with van der Waals surface area (Å²) >= 11 is 0. The summed E-state index contributed by atoms with van der Waals surface area (Å²) in [6.45, 7) is 9.04. The van der Waals surface area contributed by atoms with Gasteiger partial charge < -0.3 is 24.1 Å². The predicted octanol–water partition coefficient (Wildman–Crippen LogP) is 4.06. The van der Waals surface area contributed by atoms with Gasteiger partial charge in [0.05, 0.1) is 33.0 Å². The Labute approximate surface area is 169 Å². The third-order valence-electron chi connectivity index (χ3n) is 4.51. The van der Waals surface area contributed by atoms with Crippen molar-refractivity contribution in [2.45, 2.75) is 51.9 Å². The molecule has 1 aromatic rings. The van der Waals surface area contributed by atoms with Gasteiger partial charge in [-0.25, -0.2) is 4.79 Å². The van der Waals surface area contributed by atoms with Crippen LogP contribution in [0.5, 0.6) is 5.75 Å². The van der Waals surface area contributed by atoms with E-state index in [2.05, 4.69) is 32.9 Å². The van der Waals surface area contributed by atoms with Crippen molar-refractivity contribution in [3.05, 3.63) is 29.8 Å². The van der Waals surface area contributed by atoms with Crippen LogP contribution in [-0.2, 0) is 24.4 Å². The summed E-state index contributed by atoms with van der Waals surface area (Å²) in [6.07, 6.45) is 4.99. The Kier molecular flexibility index (Phi) is 12.5. The minimum Gasteiger partial charge on any atom is -0.491 e. The van der Waals surface area contributed by atoms with E-state index in [0.29, 0.717) is 33.0 Å². The van der Waals surface area contributed by atoms with E-state index in [1.54, 1.807) is 0 Å². The molecule has 0 fully saturated rings. The summed E-state index contributed by atoms with van der Waals surface area (Å²) in [5.41, 5.74) is 1.53. The molecule has 0 saturated carbocycles. The lowest BCUT2D eigenvalue weighted by Gasteiger charge is -2.25. The number of hydrogen-bond acceptors (Lipinski definition) is 5. The van der Waals surface area contributed by atoms with Crippen LogP contribution in [0.25, 0.3) is 0 Å². The number of ether oxygens (including phenoxy) is 4. The summed E-state index contributed by atoms with van der Waals surface area (Å²) in [6, 6.07) is 8.36. The van der Waals surface area contributed by atoms with Crippen molar-refractivity contribution in [3.8, 4) is 5.75 Å². The van der Waals surface area contributed by atoms with Gasteiger partial charge in [-0.05, 0) is 29.5 Å². The summed E-state index contributed by atoms with van der Waals surface area (Å²) in [5, 5.41) is 8.41. The van der Waals surface area contributed by atoms with E-state index in [9.17, 15) is 4.79 Å². The molecular formula is C22H36O6. The SMILES string of the molecule is CCCCCC(C)(C)c1ccc(OCCOCCOCCOCC(=O)O)cc1. The summed E-state index contributed by atoms with van der Waals surface area (Å²) in [4.78, 5) is 10.2. The van der Waals surface area contributed by atoms with Crippen molar-refractivity contribution in [2.24, 2.45) is 0 Å². The largest absolute Gasteiger partial charge is 0.491 e. The molecule has 0 heterocycles. The van der Waals surface area contributed by atoms with Gasteiger partial charge in [-0.15, -0.1) is 0 Å². The lowest BCUT2D eigenvalue weighted by atomic mass is 9.80. The van der Waals surface area contributed by atoms with Crippen LogP contribution in [0.4, 0.5) is 0 Å². The fraction of sp³-hybridized carbons (Fsp3) is 0.682. The molecule has 0 aliphatic rings. The second-order valence-electron chi connectivity index (χ2n) is 7.38. The van der Waals surface area contributed by atoms with E-state index in [4.69, 9.17) is 24.1 Å². The molecule has 0 radical (unpaired) electrons. The van der Waals surface area contributed by atoms with E-state index < -0.39 is 5.97 Å². The maximum Gasteiger partial charge on any atom is 0.329 e. The molecule has 0 bridgehead atoms. The smallest absolute Gasteiger partial charge is 0.329 e. The van der Waals surface area contributed by atoms with Crippen LogP contribution in [0.15, 0.2) is 24.3 Å². The average molecular weight is 397 g/mol. The standard InChI is InChI=1S/C22H36O6/c1-4-5-6-11-22(2,3)19-7-9-20(10-8-19)28-17-16-26-13-12-25-14-15-27-18-21(23)24/h7-10H,4-6,11-18H2,1-3H3,(H,23,24). The van der Waals surface area contributed by atoms with Gasteiger partial charge in [0.1, 0.15) is 19.0 Å². The van der Waals surface area contributed by atoms with Crippen LogP contribution < -0.4 is 4.74 Å². The Morgan fingerprint density at radius 1 is 0.893 bits per heavy atom. The van der Waals surface area contributed by atoms with Gasteiger partial charge in [-0.3, -0.25) is 0 Å². The molecule has 0 amide bonds. The zero-order valence-corrected chi connectivity index (χ0v) is 17.6. The second-order valence-corrected chi connectivity index (χ2v) is 7.38. The van der Waals surface area contributed by atoms with Gasteiger partial charge >= 0.3 is 5.97 Å². The molecule has 6 nitrogen and oxygen atoms in total. The molecule has 0 aliphatic heterocycles. The molecule has 0 aliphatic carbocycles.